The number of nitrogens with one attached hydrogen (secondary N) is 1. The van der Waals surface area contributed by atoms with Crippen molar-refractivity contribution in [3.05, 3.63) is 17.3 Å². The zero-order valence-electron chi connectivity index (χ0n) is 11.8. The summed E-state index contributed by atoms with van der Waals surface area (Å²) in [5.41, 5.74) is 0. The molecule has 2 heterocycles. The number of nitrogens with zero attached hydrogens (tertiary/aromatic N) is 2. The average molecular weight is 291 g/mol. The van der Waals surface area contributed by atoms with Crippen LogP contribution in [0, 0.1) is 5.92 Å². The molecule has 4 nitrogen and oxygen atoms in total. The molecule has 0 saturated heterocycles. The van der Waals surface area contributed by atoms with Gasteiger partial charge in [0.05, 0.1) is 11.5 Å². The summed E-state index contributed by atoms with van der Waals surface area (Å²) in [6, 6.07) is 2.16. The number of aryl methyl sites for hydroxylation is 1. The lowest BCUT2D eigenvalue weighted by molar-refractivity contribution is 0.123. The lowest BCUT2D eigenvalue weighted by atomic mass is 10.0. The van der Waals surface area contributed by atoms with Crippen molar-refractivity contribution in [3.63, 3.8) is 0 Å². The number of aliphatic hydroxyl groups is 1. The van der Waals surface area contributed by atoms with Gasteiger partial charge in [0, 0.05) is 11.4 Å². The molecular formula is C15H21N3OS. The lowest BCUT2D eigenvalue weighted by Crippen LogP contribution is -2.27. The van der Waals surface area contributed by atoms with Gasteiger partial charge in [-0.3, -0.25) is 0 Å². The number of anilines is 1. The number of thiophene rings is 1. The molecule has 1 fully saturated rings. The second kappa shape index (κ2) is 6.06. The van der Waals surface area contributed by atoms with Gasteiger partial charge < -0.3 is 10.4 Å². The quantitative estimate of drug-likeness (QED) is 0.888. The normalized spacial score (nSPS) is 17.7. The molecule has 2 aromatic heterocycles. The van der Waals surface area contributed by atoms with Crippen LogP contribution in [0.2, 0.25) is 0 Å². The van der Waals surface area contributed by atoms with Gasteiger partial charge in [0.25, 0.3) is 0 Å². The fraction of sp³-hybridized carbons (Fsp3) is 0.600. The minimum atomic E-state index is -0.271. The predicted octanol–water partition coefficient (Wildman–Crippen LogP) is 3.22. The zero-order chi connectivity index (χ0) is 13.9. The first-order chi connectivity index (χ1) is 9.78. The number of fused-ring (bicyclic) bond motifs is 1. The molecule has 1 atom stereocenters. The Morgan fingerprint density at radius 1 is 1.40 bits per heavy atom. The van der Waals surface area contributed by atoms with Gasteiger partial charge in [0.15, 0.2) is 0 Å². The van der Waals surface area contributed by atoms with Gasteiger partial charge in [-0.1, -0.05) is 19.8 Å². The standard InChI is InChI=1S/C15H21N3OS/c1-2-11-7-12-14(17-9-18-15(12)20-11)16-8-13(19)10-5-3-4-6-10/h7,9-10,13,19H,2-6,8H2,1H3,(H,16,17,18). The van der Waals surface area contributed by atoms with Gasteiger partial charge in [0.2, 0.25) is 0 Å². The van der Waals surface area contributed by atoms with E-state index >= 15 is 0 Å². The fourth-order valence-corrected chi connectivity index (χ4v) is 3.87. The molecule has 20 heavy (non-hydrogen) atoms. The first kappa shape index (κ1) is 13.8. The molecule has 0 aromatic carbocycles. The van der Waals surface area contributed by atoms with E-state index in [0.29, 0.717) is 12.5 Å². The molecule has 2 aromatic rings. The van der Waals surface area contributed by atoms with E-state index in [1.807, 2.05) is 0 Å². The highest BCUT2D eigenvalue weighted by molar-refractivity contribution is 7.18. The molecule has 3 rings (SSSR count). The van der Waals surface area contributed by atoms with E-state index in [1.165, 1.54) is 17.7 Å². The van der Waals surface area contributed by atoms with Crippen molar-refractivity contribution in [2.45, 2.75) is 45.1 Å². The van der Waals surface area contributed by atoms with Gasteiger partial charge >= 0.3 is 0 Å². The van der Waals surface area contributed by atoms with Crippen LogP contribution in [0.4, 0.5) is 5.82 Å². The third kappa shape index (κ3) is 2.79. The molecule has 0 amide bonds. The van der Waals surface area contributed by atoms with Crippen LogP contribution in [0.25, 0.3) is 10.2 Å². The maximum Gasteiger partial charge on any atom is 0.138 e. The zero-order valence-corrected chi connectivity index (χ0v) is 12.6. The molecule has 0 aliphatic heterocycles. The fourth-order valence-electron chi connectivity index (χ4n) is 2.93. The molecule has 0 spiro atoms. The first-order valence-corrected chi connectivity index (χ1v) is 8.25. The van der Waals surface area contributed by atoms with Crippen LogP contribution in [-0.4, -0.2) is 27.7 Å². The summed E-state index contributed by atoms with van der Waals surface area (Å²) >= 11 is 1.72. The minimum Gasteiger partial charge on any atom is -0.391 e. The van der Waals surface area contributed by atoms with E-state index in [-0.39, 0.29) is 6.10 Å². The summed E-state index contributed by atoms with van der Waals surface area (Å²) in [6.07, 6.45) is 7.16. The summed E-state index contributed by atoms with van der Waals surface area (Å²) in [6.45, 7) is 2.73. The highest BCUT2D eigenvalue weighted by Crippen LogP contribution is 2.30. The van der Waals surface area contributed by atoms with E-state index in [0.717, 1.165) is 35.3 Å². The Bertz CT molecular complexity index is 578. The Morgan fingerprint density at radius 3 is 2.95 bits per heavy atom. The maximum atomic E-state index is 10.2. The Labute approximate surface area is 123 Å². The highest BCUT2D eigenvalue weighted by Gasteiger charge is 2.23. The molecule has 5 heteroatoms. The van der Waals surface area contributed by atoms with Crippen molar-refractivity contribution < 1.29 is 5.11 Å². The van der Waals surface area contributed by atoms with Gasteiger partial charge in [-0.25, -0.2) is 9.97 Å². The van der Waals surface area contributed by atoms with Crippen LogP contribution in [0.15, 0.2) is 12.4 Å². The number of hydrogen-bond acceptors (Lipinski definition) is 5. The monoisotopic (exact) mass is 291 g/mol. The SMILES string of the molecule is CCc1cc2c(NCC(O)C3CCCC3)ncnc2s1. The molecule has 2 N–H and O–H groups in total. The Hall–Kier alpha value is -1.20. The number of aliphatic hydroxyl groups excluding tert-OH is 1. The van der Waals surface area contributed by atoms with E-state index in [1.54, 1.807) is 17.7 Å². The van der Waals surface area contributed by atoms with E-state index < -0.39 is 0 Å². The van der Waals surface area contributed by atoms with E-state index in [4.69, 9.17) is 0 Å². The number of rotatable bonds is 5. The van der Waals surface area contributed by atoms with E-state index in [2.05, 4.69) is 28.3 Å². The van der Waals surface area contributed by atoms with Crippen molar-refractivity contribution >= 4 is 27.4 Å². The second-order valence-electron chi connectivity index (χ2n) is 5.50. The third-order valence-corrected chi connectivity index (χ3v) is 5.34. The number of hydrogen-bond donors (Lipinski definition) is 2. The van der Waals surface area contributed by atoms with Gasteiger partial charge in [-0.2, -0.15) is 0 Å². The van der Waals surface area contributed by atoms with Crippen molar-refractivity contribution in [3.8, 4) is 0 Å². The predicted molar refractivity (Wildman–Crippen MR) is 83.2 cm³/mol. The van der Waals surface area contributed by atoms with Crippen molar-refractivity contribution in [1.82, 2.24) is 9.97 Å². The molecule has 1 aliphatic carbocycles. The third-order valence-electron chi connectivity index (χ3n) is 4.15. The first-order valence-electron chi connectivity index (χ1n) is 7.43. The Kier molecular flexibility index (Phi) is 4.17. The summed E-state index contributed by atoms with van der Waals surface area (Å²) in [7, 11) is 0. The molecule has 1 aliphatic rings. The summed E-state index contributed by atoms with van der Waals surface area (Å²) in [4.78, 5) is 11.0. The van der Waals surface area contributed by atoms with Crippen LogP contribution in [-0.2, 0) is 6.42 Å². The number of aromatic nitrogens is 2. The largest absolute Gasteiger partial charge is 0.391 e. The average Bonchev–Trinajstić information content (AvgIpc) is 3.13. The molecule has 0 bridgehead atoms. The molecule has 1 unspecified atom stereocenters. The molecule has 0 radical (unpaired) electrons. The van der Waals surface area contributed by atoms with E-state index in [9.17, 15) is 5.11 Å². The van der Waals surface area contributed by atoms with Gasteiger partial charge in [-0.05, 0) is 31.2 Å². The van der Waals surface area contributed by atoms with Gasteiger partial charge in [-0.15, -0.1) is 11.3 Å². The highest BCUT2D eigenvalue weighted by atomic mass is 32.1. The molecule has 108 valence electrons. The maximum absolute atomic E-state index is 10.2. The Morgan fingerprint density at radius 2 is 2.20 bits per heavy atom. The summed E-state index contributed by atoms with van der Waals surface area (Å²) in [5.74, 6) is 1.30. The van der Waals surface area contributed by atoms with Crippen LogP contribution in [0.3, 0.4) is 0 Å². The lowest BCUT2D eigenvalue weighted by Gasteiger charge is -2.18. The summed E-state index contributed by atoms with van der Waals surface area (Å²) in [5, 5.41) is 14.6. The van der Waals surface area contributed by atoms with Crippen LogP contribution in [0.5, 0.6) is 0 Å². The van der Waals surface area contributed by atoms with Crippen LogP contribution in [0.1, 0.15) is 37.5 Å². The van der Waals surface area contributed by atoms with Crippen molar-refractivity contribution in [2.24, 2.45) is 5.92 Å². The van der Waals surface area contributed by atoms with Crippen molar-refractivity contribution in [2.75, 3.05) is 11.9 Å². The topological polar surface area (TPSA) is 58.0 Å². The van der Waals surface area contributed by atoms with Crippen LogP contribution >= 0.6 is 11.3 Å². The van der Waals surface area contributed by atoms with Crippen molar-refractivity contribution in [1.29, 1.82) is 0 Å². The Balaban J connectivity index is 1.71. The van der Waals surface area contributed by atoms with Gasteiger partial charge in [0.1, 0.15) is 17.0 Å². The molecule has 1 saturated carbocycles. The molecular weight excluding hydrogens is 270 g/mol. The smallest absolute Gasteiger partial charge is 0.138 e. The van der Waals surface area contributed by atoms with Crippen LogP contribution < -0.4 is 5.32 Å². The minimum absolute atomic E-state index is 0.271. The summed E-state index contributed by atoms with van der Waals surface area (Å²) < 4.78 is 0. The second-order valence-corrected chi connectivity index (χ2v) is 6.62.